The van der Waals surface area contributed by atoms with Gasteiger partial charge in [0.1, 0.15) is 0 Å². The standard InChI is InChI=1S/C23H25N3S/c1-3-21-6-4-5-7-22(21)25-23(27)26(17-20-12-14-24-15-13-20)16-19-10-8-18(2)9-11-19/h4-15H,3,16-17H2,1-2H3,(H,25,27). The molecule has 3 rings (SSSR count). The minimum Gasteiger partial charge on any atom is -0.340 e. The third-order valence-corrected chi connectivity index (χ3v) is 4.90. The molecule has 0 aliphatic rings. The molecule has 4 heteroatoms. The van der Waals surface area contributed by atoms with Crippen LogP contribution in [0.2, 0.25) is 0 Å². The Morgan fingerprint density at radius 3 is 2.22 bits per heavy atom. The van der Waals surface area contributed by atoms with Crippen molar-refractivity contribution in [2.24, 2.45) is 0 Å². The number of hydrogen-bond acceptors (Lipinski definition) is 2. The second kappa shape index (κ2) is 9.28. The number of thiocarbonyl (C=S) groups is 1. The Morgan fingerprint density at radius 1 is 0.926 bits per heavy atom. The molecule has 0 amide bonds. The molecular weight excluding hydrogens is 350 g/mol. The highest BCUT2D eigenvalue weighted by Gasteiger charge is 2.13. The summed E-state index contributed by atoms with van der Waals surface area (Å²) < 4.78 is 0. The molecule has 1 heterocycles. The molecule has 0 radical (unpaired) electrons. The predicted octanol–water partition coefficient (Wildman–Crippen LogP) is 5.35. The van der Waals surface area contributed by atoms with Crippen molar-refractivity contribution in [3.05, 3.63) is 95.3 Å². The van der Waals surface area contributed by atoms with Crippen LogP contribution in [0.25, 0.3) is 0 Å². The summed E-state index contributed by atoms with van der Waals surface area (Å²) >= 11 is 5.79. The maximum Gasteiger partial charge on any atom is 0.174 e. The van der Waals surface area contributed by atoms with Gasteiger partial charge in [0.25, 0.3) is 0 Å². The minimum absolute atomic E-state index is 0.730. The monoisotopic (exact) mass is 375 g/mol. The van der Waals surface area contributed by atoms with Crippen LogP contribution in [0, 0.1) is 6.92 Å². The van der Waals surface area contributed by atoms with Gasteiger partial charge in [-0.15, -0.1) is 0 Å². The number of aromatic nitrogens is 1. The number of nitrogens with zero attached hydrogens (tertiary/aromatic N) is 2. The third-order valence-electron chi connectivity index (χ3n) is 4.54. The molecule has 1 N–H and O–H groups in total. The van der Waals surface area contributed by atoms with E-state index in [1.165, 1.54) is 22.3 Å². The molecule has 0 bridgehead atoms. The van der Waals surface area contributed by atoms with E-state index < -0.39 is 0 Å². The normalized spacial score (nSPS) is 10.4. The molecule has 0 spiro atoms. The van der Waals surface area contributed by atoms with Gasteiger partial charge in [0.15, 0.2) is 5.11 Å². The van der Waals surface area contributed by atoms with E-state index in [9.17, 15) is 0 Å². The minimum atomic E-state index is 0.730. The fourth-order valence-corrected chi connectivity index (χ4v) is 3.21. The Labute approximate surface area is 167 Å². The summed E-state index contributed by atoms with van der Waals surface area (Å²) in [6.07, 6.45) is 4.61. The van der Waals surface area contributed by atoms with Crippen molar-refractivity contribution in [1.82, 2.24) is 9.88 Å². The number of pyridine rings is 1. The van der Waals surface area contributed by atoms with E-state index in [4.69, 9.17) is 12.2 Å². The lowest BCUT2D eigenvalue weighted by Crippen LogP contribution is -2.34. The zero-order valence-corrected chi connectivity index (χ0v) is 16.7. The van der Waals surface area contributed by atoms with Gasteiger partial charge >= 0.3 is 0 Å². The first-order valence-electron chi connectivity index (χ1n) is 9.24. The fraction of sp³-hybridized carbons (Fsp3) is 0.217. The lowest BCUT2D eigenvalue weighted by atomic mass is 10.1. The van der Waals surface area contributed by atoms with Crippen molar-refractivity contribution in [3.63, 3.8) is 0 Å². The van der Waals surface area contributed by atoms with Crippen molar-refractivity contribution < 1.29 is 0 Å². The third kappa shape index (κ3) is 5.38. The van der Waals surface area contributed by atoms with Gasteiger partial charge in [-0.2, -0.15) is 0 Å². The summed E-state index contributed by atoms with van der Waals surface area (Å²) in [4.78, 5) is 6.31. The van der Waals surface area contributed by atoms with E-state index >= 15 is 0 Å². The van der Waals surface area contributed by atoms with Gasteiger partial charge in [0, 0.05) is 31.2 Å². The fourth-order valence-electron chi connectivity index (χ4n) is 2.97. The molecule has 3 nitrogen and oxygen atoms in total. The maximum atomic E-state index is 5.79. The number of hydrogen-bond donors (Lipinski definition) is 1. The van der Waals surface area contributed by atoms with Crippen LogP contribution in [0.5, 0.6) is 0 Å². The molecule has 138 valence electrons. The average molecular weight is 376 g/mol. The average Bonchev–Trinajstić information content (AvgIpc) is 2.70. The van der Waals surface area contributed by atoms with Crippen LogP contribution in [0.3, 0.4) is 0 Å². The highest BCUT2D eigenvalue weighted by molar-refractivity contribution is 7.80. The lowest BCUT2D eigenvalue weighted by Gasteiger charge is -2.27. The molecule has 0 unspecified atom stereocenters. The van der Waals surface area contributed by atoms with Crippen molar-refractivity contribution in [2.45, 2.75) is 33.4 Å². The van der Waals surface area contributed by atoms with E-state index in [2.05, 4.69) is 71.5 Å². The van der Waals surface area contributed by atoms with Crippen LogP contribution < -0.4 is 5.32 Å². The van der Waals surface area contributed by atoms with Gasteiger partial charge in [-0.25, -0.2) is 0 Å². The van der Waals surface area contributed by atoms with E-state index in [1.54, 1.807) is 0 Å². The number of para-hydroxylation sites is 1. The molecule has 0 saturated carbocycles. The van der Waals surface area contributed by atoms with Crippen molar-refractivity contribution >= 4 is 23.0 Å². The summed E-state index contributed by atoms with van der Waals surface area (Å²) in [6, 6.07) is 21.0. The van der Waals surface area contributed by atoms with Crippen LogP contribution in [0.1, 0.15) is 29.2 Å². The highest BCUT2D eigenvalue weighted by atomic mass is 32.1. The van der Waals surface area contributed by atoms with Gasteiger partial charge in [-0.3, -0.25) is 4.98 Å². The largest absolute Gasteiger partial charge is 0.340 e. The Balaban J connectivity index is 1.81. The topological polar surface area (TPSA) is 28.2 Å². The maximum absolute atomic E-state index is 5.79. The summed E-state index contributed by atoms with van der Waals surface area (Å²) in [6.45, 7) is 5.75. The lowest BCUT2D eigenvalue weighted by molar-refractivity contribution is 0.412. The summed E-state index contributed by atoms with van der Waals surface area (Å²) in [5.41, 5.74) is 6.03. The van der Waals surface area contributed by atoms with Gasteiger partial charge in [-0.05, 0) is 60.5 Å². The second-order valence-corrected chi connectivity index (χ2v) is 7.02. The first kappa shape index (κ1) is 19.1. The molecule has 0 atom stereocenters. The number of benzene rings is 2. The molecule has 0 fully saturated rings. The molecule has 2 aromatic carbocycles. The first-order chi connectivity index (χ1) is 13.2. The summed E-state index contributed by atoms with van der Waals surface area (Å²) in [5, 5.41) is 4.19. The Morgan fingerprint density at radius 2 is 1.56 bits per heavy atom. The quantitative estimate of drug-likeness (QED) is 0.588. The van der Waals surface area contributed by atoms with E-state index in [1.807, 2.05) is 30.6 Å². The molecule has 0 aliphatic carbocycles. The van der Waals surface area contributed by atoms with Crippen LogP contribution in [0.4, 0.5) is 5.69 Å². The van der Waals surface area contributed by atoms with E-state index in [0.717, 1.165) is 30.3 Å². The van der Waals surface area contributed by atoms with Crippen molar-refractivity contribution in [3.8, 4) is 0 Å². The molecule has 3 aromatic rings. The Kier molecular flexibility index (Phi) is 6.55. The van der Waals surface area contributed by atoms with Crippen molar-refractivity contribution in [2.75, 3.05) is 5.32 Å². The van der Waals surface area contributed by atoms with Crippen LogP contribution in [-0.2, 0) is 19.5 Å². The summed E-state index contributed by atoms with van der Waals surface area (Å²) in [7, 11) is 0. The van der Waals surface area contributed by atoms with E-state index in [-0.39, 0.29) is 0 Å². The molecule has 0 aliphatic heterocycles. The number of aryl methyl sites for hydroxylation is 2. The van der Waals surface area contributed by atoms with Crippen LogP contribution >= 0.6 is 12.2 Å². The Bertz CT molecular complexity index is 876. The van der Waals surface area contributed by atoms with Crippen LogP contribution in [0.15, 0.2) is 73.1 Å². The summed E-state index contributed by atoms with van der Waals surface area (Å²) in [5.74, 6) is 0. The SMILES string of the molecule is CCc1ccccc1NC(=S)N(Cc1ccncc1)Cc1ccc(C)cc1. The van der Waals surface area contributed by atoms with Gasteiger partial charge in [-0.1, -0.05) is 55.0 Å². The molecular formula is C23H25N3S. The van der Waals surface area contributed by atoms with Crippen LogP contribution in [-0.4, -0.2) is 15.0 Å². The zero-order valence-electron chi connectivity index (χ0n) is 15.9. The highest BCUT2D eigenvalue weighted by Crippen LogP contribution is 2.18. The van der Waals surface area contributed by atoms with Gasteiger partial charge in [0.2, 0.25) is 0 Å². The Hall–Kier alpha value is -2.72. The number of nitrogens with one attached hydrogen (secondary N) is 1. The zero-order chi connectivity index (χ0) is 19.1. The van der Waals surface area contributed by atoms with Crippen molar-refractivity contribution in [1.29, 1.82) is 0 Å². The first-order valence-corrected chi connectivity index (χ1v) is 9.65. The second-order valence-electron chi connectivity index (χ2n) is 6.64. The van der Waals surface area contributed by atoms with Gasteiger partial charge in [0.05, 0.1) is 0 Å². The molecule has 27 heavy (non-hydrogen) atoms. The predicted molar refractivity (Wildman–Crippen MR) is 117 cm³/mol. The smallest absolute Gasteiger partial charge is 0.174 e. The molecule has 0 saturated heterocycles. The van der Waals surface area contributed by atoms with E-state index in [0.29, 0.717) is 0 Å². The van der Waals surface area contributed by atoms with Gasteiger partial charge < -0.3 is 10.2 Å². The number of rotatable bonds is 6. The molecule has 1 aromatic heterocycles. The number of anilines is 1.